The molecule has 0 bridgehead atoms. The Bertz CT molecular complexity index is 636. The number of aromatic nitrogens is 4. The molecule has 0 spiro atoms. The highest BCUT2D eigenvalue weighted by molar-refractivity contribution is 7.09. The zero-order valence-electron chi connectivity index (χ0n) is 11.9. The number of aryl methyl sites for hydroxylation is 1. The van der Waals surface area contributed by atoms with Crippen LogP contribution in [0.5, 0.6) is 0 Å². The maximum absolute atomic E-state index is 11.1. The molecule has 1 amide bonds. The van der Waals surface area contributed by atoms with Crippen LogP contribution in [0.4, 0.5) is 0 Å². The second kappa shape index (κ2) is 5.90. The Labute approximate surface area is 126 Å². The lowest BCUT2D eigenvalue weighted by atomic mass is 10.1. The minimum atomic E-state index is -0.584. The van der Waals surface area contributed by atoms with Crippen molar-refractivity contribution in [2.45, 2.75) is 32.4 Å². The number of rotatable bonds is 4. The smallest absolute Gasteiger partial charge is 0.288 e. The van der Waals surface area contributed by atoms with Gasteiger partial charge >= 0.3 is 0 Å². The van der Waals surface area contributed by atoms with Gasteiger partial charge < -0.3 is 5.73 Å². The van der Waals surface area contributed by atoms with Gasteiger partial charge in [0.2, 0.25) is 5.82 Å². The Morgan fingerprint density at radius 2 is 2.43 bits per heavy atom. The first-order valence-electron chi connectivity index (χ1n) is 6.96. The monoisotopic (exact) mass is 306 g/mol. The third kappa shape index (κ3) is 3.27. The maximum atomic E-state index is 11.1. The van der Waals surface area contributed by atoms with Crippen LogP contribution in [0.1, 0.15) is 40.2 Å². The number of primary amides is 1. The van der Waals surface area contributed by atoms with Crippen molar-refractivity contribution in [3.63, 3.8) is 0 Å². The quantitative estimate of drug-likeness (QED) is 0.909. The van der Waals surface area contributed by atoms with Crippen molar-refractivity contribution >= 4 is 17.2 Å². The molecule has 2 aromatic rings. The molecule has 0 aliphatic carbocycles. The molecule has 1 atom stereocenters. The first-order valence-corrected chi connectivity index (χ1v) is 7.84. The number of piperidine rings is 1. The summed E-state index contributed by atoms with van der Waals surface area (Å²) in [6, 6.07) is 0.235. The van der Waals surface area contributed by atoms with Crippen molar-refractivity contribution in [1.29, 1.82) is 0 Å². The summed E-state index contributed by atoms with van der Waals surface area (Å²) in [7, 11) is 0. The number of carbonyl (C=O) groups excluding carboxylic acids is 1. The summed E-state index contributed by atoms with van der Waals surface area (Å²) < 4.78 is 1.76. The fraction of sp³-hybridized carbons (Fsp3) is 0.538. The summed E-state index contributed by atoms with van der Waals surface area (Å²) in [5.41, 5.74) is 6.31. The summed E-state index contributed by atoms with van der Waals surface area (Å²) in [6.07, 6.45) is 3.73. The van der Waals surface area contributed by atoms with Crippen LogP contribution in [0.15, 0.2) is 11.7 Å². The zero-order valence-corrected chi connectivity index (χ0v) is 12.7. The Morgan fingerprint density at radius 1 is 1.57 bits per heavy atom. The van der Waals surface area contributed by atoms with Gasteiger partial charge in [-0.1, -0.05) is 0 Å². The van der Waals surface area contributed by atoms with E-state index in [4.69, 9.17) is 5.73 Å². The Hall–Kier alpha value is -1.80. The lowest BCUT2D eigenvalue weighted by Crippen LogP contribution is -2.36. The van der Waals surface area contributed by atoms with E-state index in [0.29, 0.717) is 0 Å². The lowest BCUT2D eigenvalue weighted by molar-refractivity contribution is 0.0989. The first-order chi connectivity index (χ1) is 10.1. The van der Waals surface area contributed by atoms with Crippen molar-refractivity contribution in [2.24, 2.45) is 5.73 Å². The summed E-state index contributed by atoms with van der Waals surface area (Å²) in [5.74, 6) is -0.499. The van der Waals surface area contributed by atoms with Crippen molar-refractivity contribution in [1.82, 2.24) is 24.6 Å². The normalized spacial score (nSPS) is 19.8. The standard InChI is InChI=1S/C13H18N6OS/c1-9-16-10(7-21-9)5-18-4-2-3-11(6-18)19-8-15-13(17-19)12(14)20/h7-8,11H,2-6H2,1H3,(H2,14,20)/t11-/m1/s1. The maximum Gasteiger partial charge on any atom is 0.288 e. The predicted molar refractivity (Wildman–Crippen MR) is 78.9 cm³/mol. The Kier molecular flexibility index (Phi) is 3.98. The molecule has 1 aliphatic rings. The molecule has 8 heteroatoms. The highest BCUT2D eigenvalue weighted by Crippen LogP contribution is 2.22. The van der Waals surface area contributed by atoms with Crippen LogP contribution < -0.4 is 5.73 Å². The molecule has 2 aromatic heterocycles. The molecule has 0 unspecified atom stereocenters. The molecule has 1 fully saturated rings. The molecule has 0 aromatic carbocycles. The largest absolute Gasteiger partial charge is 0.363 e. The highest BCUT2D eigenvalue weighted by atomic mass is 32.1. The molecule has 3 heterocycles. The van der Waals surface area contributed by atoms with E-state index in [2.05, 4.69) is 25.3 Å². The van der Waals surface area contributed by atoms with E-state index in [9.17, 15) is 4.79 Å². The highest BCUT2D eigenvalue weighted by Gasteiger charge is 2.23. The first kappa shape index (κ1) is 14.2. The van der Waals surface area contributed by atoms with Crippen LogP contribution in [0.3, 0.4) is 0 Å². The van der Waals surface area contributed by atoms with E-state index in [1.807, 2.05) is 6.92 Å². The van der Waals surface area contributed by atoms with E-state index in [0.717, 1.165) is 43.2 Å². The van der Waals surface area contributed by atoms with Gasteiger partial charge in [0.15, 0.2) is 0 Å². The number of likely N-dealkylation sites (tertiary alicyclic amines) is 1. The molecule has 1 saturated heterocycles. The molecule has 21 heavy (non-hydrogen) atoms. The number of hydrogen-bond donors (Lipinski definition) is 1. The van der Waals surface area contributed by atoms with Crippen LogP contribution in [-0.2, 0) is 6.54 Å². The van der Waals surface area contributed by atoms with Crippen molar-refractivity contribution in [3.8, 4) is 0 Å². The van der Waals surface area contributed by atoms with E-state index >= 15 is 0 Å². The topological polar surface area (TPSA) is 89.9 Å². The van der Waals surface area contributed by atoms with E-state index in [-0.39, 0.29) is 11.9 Å². The van der Waals surface area contributed by atoms with Gasteiger partial charge in [0.05, 0.1) is 16.7 Å². The molecule has 0 saturated carbocycles. The summed E-state index contributed by atoms with van der Waals surface area (Å²) in [6.45, 7) is 4.83. The Morgan fingerprint density at radius 3 is 3.10 bits per heavy atom. The van der Waals surface area contributed by atoms with E-state index in [1.54, 1.807) is 22.3 Å². The second-order valence-corrected chi connectivity index (χ2v) is 6.36. The summed E-state index contributed by atoms with van der Waals surface area (Å²) in [5, 5.41) is 7.38. The third-order valence-corrected chi connectivity index (χ3v) is 4.46. The number of nitrogens with two attached hydrogens (primary N) is 1. The molecular formula is C13H18N6OS. The van der Waals surface area contributed by atoms with Crippen molar-refractivity contribution < 1.29 is 4.79 Å². The lowest BCUT2D eigenvalue weighted by Gasteiger charge is -2.32. The summed E-state index contributed by atoms with van der Waals surface area (Å²) in [4.78, 5) is 21.9. The number of amides is 1. The molecule has 0 radical (unpaired) electrons. The zero-order chi connectivity index (χ0) is 14.8. The molecule has 7 nitrogen and oxygen atoms in total. The minimum absolute atomic E-state index is 0.0854. The van der Waals surface area contributed by atoms with Crippen molar-refractivity contribution in [2.75, 3.05) is 13.1 Å². The van der Waals surface area contributed by atoms with Crippen LogP contribution >= 0.6 is 11.3 Å². The average Bonchev–Trinajstić information content (AvgIpc) is 3.08. The fourth-order valence-corrected chi connectivity index (χ4v) is 3.27. The van der Waals surface area contributed by atoms with Crippen LogP contribution in [0, 0.1) is 6.92 Å². The van der Waals surface area contributed by atoms with Crippen LogP contribution in [0.25, 0.3) is 0 Å². The Balaban J connectivity index is 1.66. The molecule has 112 valence electrons. The molecule has 3 rings (SSSR count). The SMILES string of the molecule is Cc1nc(CN2CCC[C@@H](n3cnc(C(N)=O)n3)C2)cs1. The number of carbonyl (C=O) groups is 1. The second-order valence-electron chi connectivity index (χ2n) is 5.30. The average molecular weight is 306 g/mol. The van der Waals surface area contributed by atoms with Gasteiger partial charge in [0, 0.05) is 18.5 Å². The fourth-order valence-electron chi connectivity index (χ4n) is 2.66. The molecule has 2 N–H and O–H groups in total. The van der Waals surface area contributed by atoms with Gasteiger partial charge in [-0.3, -0.25) is 9.69 Å². The van der Waals surface area contributed by atoms with Gasteiger partial charge in [0.25, 0.3) is 5.91 Å². The van der Waals surface area contributed by atoms with Gasteiger partial charge in [-0.25, -0.2) is 14.6 Å². The molecular weight excluding hydrogens is 288 g/mol. The van der Waals surface area contributed by atoms with Crippen molar-refractivity contribution in [3.05, 3.63) is 28.2 Å². The van der Waals surface area contributed by atoms with Gasteiger partial charge in [-0.05, 0) is 26.3 Å². The van der Waals surface area contributed by atoms with Gasteiger partial charge in [0.1, 0.15) is 6.33 Å². The van der Waals surface area contributed by atoms with Gasteiger partial charge in [-0.2, -0.15) is 0 Å². The van der Waals surface area contributed by atoms with E-state index in [1.165, 1.54) is 0 Å². The number of nitrogens with zero attached hydrogens (tertiary/aromatic N) is 5. The number of thiazole rings is 1. The number of hydrogen-bond acceptors (Lipinski definition) is 6. The van der Waals surface area contributed by atoms with Crippen LogP contribution in [0.2, 0.25) is 0 Å². The van der Waals surface area contributed by atoms with Gasteiger partial charge in [-0.15, -0.1) is 16.4 Å². The van der Waals surface area contributed by atoms with E-state index < -0.39 is 5.91 Å². The molecule has 1 aliphatic heterocycles. The summed E-state index contributed by atoms with van der Waals surface area (Å²) >= 11 is 1.68. The van der Waals surface area contributed by atoms with Crippen LogP contribution in [-0.4, -0.2) is 43.6 Å². The predicted octanol–water partition coefficient (Wildman–Crippen LogP) is 0.979. The minimum Gasteiger partial charge on any atom is -0.363 e. The third-order valence-electron chi connectivity index (χ3n) is 3.64.